The number of hydrogen-bond acceptors (Lipinski definition) is 3. The van der Waals surface area contributed by atoms with Gasteiger partial charge in [-0.15, -0.1) is 4.98 Å². The Morgan fingerprint density at radius 3 is 1.58 bits per heavy atom. The van der Waals surface area contributed by atoms with Gasteiger partial charge in [0.1, 0.15) is 5.82 Å². The lowest BCUT2D eigenvalue weighted by Crippen LogP contribution is -2.00. The molecular weight excluding hydrogens is 482 g/mol. The Kier molecular flexibility index (Phi) is 8.76. The van der Waals surface area contributed by atoms with Crippen LogP contribution in [-0.4, -0.2) is 9.97 Å². The molecule has 0 atom stereocenters. The van der Waals surface area contributed by atoms with Gasteiger partial charge in [0.05, 0.1) is 11.9 Å². The summed E-state index contributed by atoms with van der Waals surface area (Å²) in [6.45, 7) is 7.00. The quantitative estimate of drug-likeness (QED) is 0.226. The molecule has 184 valence electrons. The Balaban J connectivity index is 0.000000201. The van der Waals surface area contributed by atoms with E-state index in [0.29, 0.717) is 22.4 Å². The molecule has 2 aromatic carbocycles. The van der Waals surface area contributed by atoms with Crippen LogP contribution in [0.15, 0.2) is 73.1 Å². The number of hydrogen-bond donors (Lipinski definition) is 1. The van der Waals surface area contributed by atoms with Crippen molar-refractivity contribution in [2.45, 2.75) is 19.4 Å². The number of aromatic nitrogens is 2. The molecule has 4 aromatic rings. The van der Waals surface area contributed by atoms with Crippen LogP contribution < -0.4 is 5.73 Å². The third-order valence-corrected chi connectivity index (χ3v) is 5.02. The van der Waals surface area contributed by atoms with E-state index in [0.717, 1.165) is 12.4 Å². The van der Waals surface area contributed by atoms with Gasteiger partial charge in [0, 0.05) is 28.8 Å². The Morgan fingerprint density at radius 2 is 1.17 bits per heavy atom. The SMILES string of the molecule is NCc1cc(-c2ccc(C(F)F)cc2)c(F)cn1.[C-]#[N+]c1cc(-c2ccc(C(F)F)cc2)c(F)cn1. The van der Waals surface area contributed by atoms with Crippen molar-refractivity contribution in [3.63, 3.8) is 0 Å². The lowest BCUT2D eigenvalue weighted by Gasteiger charge is -2.06. The summed E-state index contributed by atoms with van der Waals surface area (Å²) in [5.41, 5.74) is 7.20. The van der Waals surface area contributed by atoms with Crippen molar-refractivity contribution in [3.8, 4) is 22.3 Å². The molecular formula is C26H18F6N4. The normalized spacial score (nSPS) is 10.7. The van der Waals surface area contributed by atoms with Crippen LogP contribution >= 0.6 is 0 Å². The predicted molar refractivity (Wildman–Crippen MR) is 123 cm³/mol. The number of benzene rings is 2. The molecule has 4 nitrogen and oxygen atoms in total. The molecule has 2 aromatic heterocycles. The first-order valence-electron chi connectivity index (χ1n) is 10.4. The summed E-state index contributed by atoms with van der Waals surface area (Å²) in [5.74, 6) is -1.03. The summed E-state index contributed by atoms with van der Waals surface area (Å²) in [4.78, 5) is 10.5. The van der Waals surface area contributed by atoms with Gasteiger partial charge in [-0.05, 0) is 23.3 Å². The minimum atomic E-state index is -2.56. The van der Waals surface area contributed by atoms with Crippen molar-refractivity contribution in [3.05, 3.63) is 113 Å². The predicted octanol–water partition coefficient (Wildman–Crippen LogP) is 7.66. The van der Waals surface area contributed by atoms with Gasteiger partial charge in [0.2, 0.25) is 0 Å². The molecule has 10 heteroatoms. The maximum atomic E-state index is 13.6. The molecule has 36 heavy (non-hydrogen) atoms. The average Bonchev–Trinajstić information content (AvgIpc) is 2.90. The summed E-state index contributed by atoms with van der Waals surface area (Å²) in [5, 5.41) is 0. The molecule has 0 spiro atoms. The van der Waals surface area contributed by atoms with E-state index in [4.69, 9.17) is 12.3 Å². The highest BCUT2D eigenvalue weighted by Crippen LogP contribution is 2.28. The maximum absolute atomic E-state index is 13.6. The topological polar surface area (TPSA) is 56.2 Å². The Morgan fingerprint density at radius 1 is 0.722 bits per heavy atom. The fourth-order valence-electron chi connectivity index (χ4n) is 3.14. The summed E-state index contributed by atoms with van der Waals surface area (Å²) >= 11 is 0. The van der Waals surface area contributed by atoms with Gasteiger partial charge in [-0.3, -0.25) is 4.98 Å². The van der Waals surface area contributed by atoms with Gasteiger partial charge < -0.3 is 10.6 Å². The molecule has 0 unspecified atom stereocenters. The summed E-state index contributed by atoms with van der Waals surface area (Å²) in [7, 11) is 0. The first-order chi connectivity index (χ1) is 17.2. The van der Waals surface area contributed by atoms with E-state index in [1.165, 1.54) is 60.7 Å². The number of pyridine rings is 2. The third-order valence-electron chi connectivity index (χ3n) is 5.02. The highest BCUT2D eigenvalue weighted by molar-refractivity contribution is 5.67. The Hall–Kier alpha value is -4.23. The molecule has 0 saturated carbocycles. The maximum Gasteiger partial charge on any atom is 0.270 e. The van der Waals surface area contributed by atoms with Crippen molar-refractivity contribution in [2.75, 3.05) is 0 Å². The van der Waals surface area contributed by atoms with E-state index in [9.17, 15) is 26.3 Å². The van der Waals surface area contributed by atoms with Crippen LogP contribution in [0.4, 0.5) is 32.2 Å². The lowest BCUT2D eigenvalue weighted by molar-refractivity contribution is 0.151. The fraction of sp³-hybridized carbons (Fsp3) is 0.115. The first kappa shape index (κ1) is 26.4. The van der Waals surface area contributed by atoms with E-state index in [2.05, 4.69) is 14.8 Å². The van der Waals surface area contributed by atoms with E-state index in [1.54, 1.807) is 0 Å². The van der Waals surface area contributed by atoms with E-state index in [-0.39, 0.29) is 29.1 Å². The number of halogens is 6. The molecule has 0 amide bonds. The molecule has 0 saturated heterocycles. The van der Waals surface area contributed by atoms with E-state index < -0.39 is 24.5 Å². The van der Waals surface area contributed by atoms with Crippen molar-refractivity contribution >= 4 is 5.82 Å². The Bertz CT molecular complexity index is 1350. The summed E-state index contributed by atoms with van der Waals surface area (Å²) in [6, 6.07) is 13.5. The van der Waals surface area contributed by atoms with Gasteiger partial charge in [-0.2, -0.15) is 0 Å². The van der Waals surface area contributed by atoms with E-state index >= 15 is 0 Å². The standard InChI is InChI=1S/C13H7F3N2.C13H11F3N2/c1-17-12-6-10(11(14)7-18-12)8-2-4-9(5-3-8)13(15)16;14-12-7-18-10(6-17)5-11(12)8-1-3-9(4-2-8)13(15)16/h2-7,13H;1-5,7,13H,6,17H2. The van der Waals surface area contributed by atoms with Gasteiger partial charge in [0.25, 0.3) is 18.7 Å². The molecule has 0 aliphatic carbocycles. The van der Waals surface area contributed by atoms with Crippen LogP contribution in [0.1, 0.15) is 29.7 Å². The van der Waals surface area contributed by atoms with Crippen molar-refractivity contribution < 1.29 is 26.3 Å². The zero-order valence-electron chi connectivity index (χ0n) is 18.5. The largest absolute Gasteiger partial charge is 0.361 e. The molecule has 0 aliphatic rings. The first-order valence-corrected chi connectivity index (χ1v) is 10.4. The highest BCUT2D eigenvalue weighted by atomic mass is 19.3. The molecule has 0 aliphatic heterocycles. The van der Waals surface area contributed by atoms with Gasteiger partial charge in [-0.1, -0.05) is 55.1 Å². The molecule has 4 rings (SSSR count). The average molecular weight is 500 g/mol. The fourth-order valence-corrected chi connectivity index (χ4v) is 3.14. The highest BCUT2D eigenvalue weighted by Gasteiger charge is 2.12. The van der Waals surface area contributed by atoms with Crippen molar-refractivity contribution in [2.24, 2.45) is 5.73 Å². The lowest BCUT2D eigenvalue weighted by atomic mass is 10.0. The van der Waals surface area contributed by atoms with Crippen LogP contribution in [0.25, 0.3) is 27.1 Å². The van der Waals surface area contributed by atoms with Crippen molar-refractivity contribution in [1.29, 1.82) is 0 Å². The van der Waals surface area contributed by atoms with E-state index in [1.807, 2.05) is 0 Å². The second-order valence-corrected chi connectivity index (χ2v) is 7.34. The molecule has 2 N–H and O–H groups in total. The van der Waals surface area contributed by atoms with Gasteiger partial charge in [0.15, 0.2) is 12.0 Å². The smallest absolute Gasteiger partial charge is 0.270 e. The minimum absolute atomic E-state index is 0.0596. The van der Waals surface area contributed by atoms with Crippen LogP contribution in [0.5, 0.6) is 0 Å². The molecule has 0 bridgehead atoms. The van der Waals surface area contributed by atoms with Gasteiger partial charge >= 0.3 is 0 Å². The van der Waals surface area contributed by atoms with Crippen LogP contribution in [0, 0.1) is 18.2 Å². The van der Waals surface area contributed by atoms with Crippen molar-refractivity contribution in [1.82, 2.24) is 9.97 Å². The van der Waals surface area contributed by atoms with Crippen LogP contribution in [0.3, 0.4) is 0 Å². The summed E-state index contributed by atoms with van der Waals surface area (Å²) < 4.78 is 76.7. The van der Waals surface area contributed by atoms with Crippen LogP contribution in [-0.2, 0) is 6.54 Å². The summed E-state index contributed by atoms with van der Waals surface area (Å²) in [6.07, 6.45) is -3.05. The van der Waals surface area contributed by atoms with Crippen LogP contribution in [0.2, 0.25) is 0 Å². The Labute approximate surface area is 202 Å². The monoisotopic (exact) mass is 500 g/mol. The second-order valence-electron chi connectivity index (χ2n) is 7.34. The number of alkyl halides is 4. The number of rotatable bonds is 5. The molecule has 0 fully saturated rings. The zero-order valence-corrected chi connectivity index (χ0v) is 18.5. The van der Waals surface area contributed by atoms with Gasteiger partial charge in [-0.25, -0.2) is 26.3 Å². The minimum Gasteiger partial charge on any atom is -0.361 e. The number of nitrogens with zero attached hydrogens (tertiary/aromatic N) is 3. The third kappa shape index (κ3) is 6.46. The zero-order chi connectivity index (χ0) is 26.2. The molecule has 0 radical (unpaired) electrons. The number of nitrogens with two attached hydrogens (primary N) is 1. The molecule has 2 heterocycles. The second kappa shape index (κ2) is 12.0.